The monoisotopic (exact) mass is 321 g/mol. The number of fused-ring (bicyclic) bond motifs is 1. The van der Waals surface area contributed by atoms with Crippen LogP contribution in [-0.2, 0) is 22.4 Å². The Hall–Kier alpha value is -1.15. The molecule has 7 nitrogen and oxygen atoms in total. The van der Waals surface area contributed by atoms with Crippen molar-refractivity contribution in [1.82, 2.24) is 15.4 Å². The van der Waals surface area contributed by atoms with E-state index in [0.29, 0.717) is 5.52 Å². The van der Waals surface area contributed by atoms with Gasteiger partial charge in [-0.05, 0) is 6.07 Å². The first-order chi connectivity index (χ1) is 6.61. The summed E-state index contributed by atoms with van der Waals surface area (Å²) in [7, 11) is 0. The number of benzene rings is 1. The van der Waals surface area contributed by atoms with E-state index in [4.69, 9.17) is 11.6 Å². The quantitative estimate of drug-likeness (QED) is 0.466. The van der Waals surface area contributed by atoms with Crippen molar-refractivity contribution in [2.24, 2.45) is 0 Å². The molecule has 1 aromatic carbocycles. The van der Waals surface area contributed by atoms with Gasteiger partial charge in [0, 0.05) is 0 Å². The number of aromatic hydroxyl groups is 1. The predicted octanol–water partition coefficient (Wildman–Crippen LogP) is 1.22. The van der Waals surface area contributed by atoms with Crippen LogP contribution in [0, 0.1) is 10.1 Å². The molecule has 15 heavy (non-hydrogen) atoms. The molecule has 82 valence electrons. The number of hydrogen-bond donors (Lipinski definition) is 2. The Balaban J connectivity index is 0.00000112. The van der Waals surface area contributed by atoms with Gasteiger partial charge < -0.3 is 5.11 Å². The first-order valence-electron chi connectivity index (χ1n) is 3.48. The Morgan fingerprint density at radius 1 is 1.60 bits per heavy atom. The number of rotatable bonds is 1. The second-order valence-corrected chi connectivity index (χ2v) is 2.93. The first kappa shape index (κ1) is 11.9. The molecule has 0 fully saturated rings. The molecule has 1 heterocycles. The fourth-order valence-corrected chi connectivity index (χ4v) is 1.37. The van der Waals surface area contributed by atoms with Crippen molar-refractivity contribution in [1.29, 1.82) is 0 Å². The average Bonchev–Trinajstić information content (AvgIpc) is 2.50. The topological polar surface area (TPSA) is 105 Å². The molecule has 1 aromatic heterocycles. The summed E-state index contributed by atoms with van der Waals surface area (Å²) in [5, 5.41) is 29.1. The van der Waals surface area contributed by atoms with Crippen molar-refractivity contribution in [3.8, 4) is 5.75 Å². The van der Waals surface area contributed by atoms with E-state index >= 15 is 0 Å². The third-order valence-electron chi connectivity index (χ3n) is 1.70. The summed E-state index contributed by atoms with van der Waals surface area (Å²) in [6.07, 6.45) is 0. The standard InChI is InChI=1S/C6H3ClN4O3.Ag/c7-2-1-3-4(9-10-8-3)6(12)5(2)11(13)14;/h1,12H,(H,8,9,10);/q;+1. The summed E-state index contributed by atoms with van der Waals surface area (Å²) < 4.78 is 0. The molecule has 0 aliphatic heterocycles. The zero-order chi connectivity index (χ0) is 10.3. The van der Waals surface area contributed by atoms with Gasteiger partial charge in [-0.25, -0.2) is 0 Å². The van der Waals surface area contributed by atoms with Crippen LogP contribution in [0.4, 0.5) is 5.69 Å². The fraction of sp³-hybridized carbons (Fsp3) is 0. The van der Waals surface area contributed by atoms with Crippen LogP contribution in [0.5, 0.6) is 5.75 Å². The summed E-state index contributed by atoms with van der Waals surface area (Å²) in [4.78, 5) is 9.74. The minimum absolute atomic E-state index is 0. The van der Waals surface area contributed by atoms with Crippen LogP contribution in [0.3, 0.4) is 0 Å². The number of phenolic OH excluding ortho intramolecular Hbond substituents is 1. The van der Waals surface area contributed by atoms with Gasteiger partial charge in [0.1, 0.15) is 5.02 Å². The summed E-state index contributed by atoms with van der Waals surface area (Å²) in [6, 6.07) is 1.29. The predicted molar refractivity (Wildman–Crippen MR) is 47.2 cm³/mol. The normalized spacial score (nSPS) is 9.93. The van der Waals surface area contributed by atoms with Gasteiger partial charge in [0.05, 0.1) is 10.4 Å². The second kappa shape index (κ2) is 4.15. The van der Waals surface area contributed by atoms with Crippen molar-refractivity contribution < 1.29 is 32.4 Å². The summed E-state index contributed by atoms with van der Waals surface area (Å²) in [6.45, 7) is 0. The van der Waals surface area contributed by atoms with Crippen LogP contribution >= 0.6 is 11.6 Å². The van der Waals surface area contributed by atoms with Crippen molar-refractivity contribution >= 4 is 28.3 Å². The molecular formula is C6H3AgClN4O3+. The molecule has 9 heteroatoms. The molecule has 0 spiro atoms. The number of nitro groups is 1. The number of nitrogens with one attached hydrogen (secondary N) is 1. The number of hydrogen-bond acceptors (Lipinski definition) is 5. The molecule has 0 radical (unpaired) electrons. The Labute approximate surface area is 103 Å². The molecule has 0 aliphatic rings. The van der Waals surface area contributed by atoms with E-state index in [1.54, 1.807) is 0 Å². The zero-order valence-corrected chi connectivity index (χ0v) is 9.10. The van der Waals surface area contributed by atoms with Gasteiger partial charge in [0.2, 0.25) is 5.75 Å². The number of nitrogens with zero attached hydrogens (tertiary/aromatic N) is 3. The van der Waals surface area contributed by atoms with Crippen LogP contribution < -0.4 is 0 Å². The first-order valence-corrected chi connectivity index (χ1v) is 3.85. The van der Waals surface area contributed by atoms with E-state index in [0.717, 1.165) is 0 Å². The fourth-order valence-electron chi connectivity index (χ4n) is 1.11. The molecule has 0 atom stereocenters. The minimum Gasteiger partial charge on any atom is -0.500 e. The van der Waals surface area contributed by atoms with Gasteiger partial charge in [-0.1, -0.05) is 16.8 Å². The Morgan fingerprint density at radius 3 is 2.87 bits per heavy atom. The number of aromatic amines is 1. The van der Waals surface area contributed by atoms with Crippen LogP contribution in [0.25, 0.3) is 11.0 Å². The SMILES string of the molecule is O=[N+]([O-])c1c(Cl)cc2[nH]nnc2c1O.[Ag+]. The van der Waals surface area contributed by atoms with Gasteiger partial charge >= 0.3 is 28.1 Å². The molecule has 0 saturated heterocycles. The molecule has 0 unspecified atom stereocenters. The Morgan fingerprint density at radius 2 is 2.27 bits per heavy atom. The maximum atomic E-state index is 10.5. The van der Waals surface area contributed by atoms with Crippen molar-refractivity contribution in [3.05, 3.63) is 21.2 Å². The van der Waals surface area contributed by atoms with Gasteiger partial charge in [-0.15, -0.1) is 5.10 Å². The third-order valence-corrected chi connectivity index (χ3v) is 1.99. The second-order valence-electron chi connectivity index (χ2n) is 2.52. The van der Waals surface area contributed by atoms with E-state index < -0.39 is 16.4 Å². The van der Waals surface area contributed by atoms with E-state index in [1.807, 2.05) is 0 Å². The Bertz CT molecular complexity index is 528. The van der Waals surface area contributed by atoms with Gasteiger partial charge in [-0.2, -0.15) is 0 Å². The van der Waals surface area contributed by atoms with E-state index in [2.05, 4.69) is 15.4 Å². The third kappa shape index (κ3) is 1.82. The number of phenols is 1. The average molecular weight is 322 g/mol. The number of nitro benzene ring substituents is 1. The van der Waals surface area contributed by atoms with Crippen molar-refractivity contribution in [2.75, 3.05) is 0 Å². The van der Waals surface area contributed by atoms with Gasteiger partial charge in [-0.3, -0.25) is 15.2 Å². The number of halogens is 1. The molecule has 0 amide bonds. The maximum Gasteiger partial charge on any atom is 1.00 e. The molecular weight excluding hydrogens is 319 g/mol. The molecule has 0 bridgehead atoms. The smallest absolute Gasteiger partial charge is 0.500 e. The minimum atomic E-state index is -0.772. The zero-order valence-electron chi connectivity index (χ0n) is 6.86. The Kier molecular flexibility index (Phi) is 3.30. The van der Waals surface area contributed by atoms with Crippen LogP contribution in [0.15, 0.2) is 6.07 Å². The summed E-state index contributed by atoms with van der Waals surface area (Å²) >= 11 is 5.58. The van der Waals surface area contributed by atoms with Crippen LogP contribution in [-0.4, -0.2) is 25.4 Å². The summed E-state index contributed by atoms with van der Waals surface area (Å²) in [5.74, 6) is -0.578. The van der Waals surface area contributed by atoms with E-state index in [1.165, 1.54) is 6.07 Å². The molecule has 0 aliphatic carbocycles. The summed E-state index contributed by atoms with van der Waals surface area (Å²) in [5.41, 5.74) is -0.188. The number of aromatic nitrogens is 3. The van der Waals surface area contributed by atoms with E-state index in [9.17, 15) is 15.2 Å². The largest absolute Gasteiger partial charge is 1.00 e. The van der Waals surface area contributed by atoms with E-state index in [-0.39, 0.29) is 32.9 Å². The molecule has 0 saturated carbocycles. The maximum absolute atomic E-state index is 10.5. The molecule has 2 rings (SSSR count). The van der Waals surface area contributed by atoms with Crippen LogP contribution in [0.2, 0.25) is 5.02 Å². The molecule has 2 N–H and O–H groups in total. The van der Waals surface area contributed by atoms with Crippen molar-refractivity contribution in [3.63, 3.8) is 0 Å². The van der Waals surface area contributed by atoms with Gasteiger partial charge in [0.15, 0.2) is 5.52 Å². The van der Waals surface area contributed by atoms with Crippen LogP contribution in [0.1, 0.15) is 0 Å². The van der Waals surface area contributed by atoms with Crippen molar-refractivity contribution in [2.45, 2.75) is 0 Å². The van der Waals surface area contributed by atoms with Gasteiger partial charge in [0.25, 0.3) is 0 Å². The molecule has 2 aromatic rings. The number of H-pyrrole nitrogens is 1.